The summed E-state index contributed by atoms with van der Waals surface area (Å²) in [7, 11) is 0. The molecule has 0 aliphatic heterocycles. The van der Waals surface area contributed by atoms with Gasteiger partial charge in [-0.15, -0.1) is 0 Å². The first-order valence-electron chi connectivity index (χ1n) is 9.06. The number of benzene rings is 2. The summed E-state index contributed by atoms with van der Waals surface area (Å²) in [5.41, 5.74) is 3.48. The van der Waals surface area contributed by atoms with Gasteiger partial charge in [-0.1, -0.05) is 58.6 Å². The minimum absolute atomic E-state index is 0.0632. The number of aryl methyl sites for hydroxylation is 2. The quantitative estimate of drug-likeness (QED) is 0.498. The number of hydrogen-bond acceptors (Lipinski definition) is 1. The highest BCUT2D eigenvalue weighted by molar-refractivity contribution is 9.10. The first-order valence-corrected chi connectivity index (χ1v) is 10.6. The summed E-state index contributed by atoms with van der Waals surface area (Å²) >= 11 is 15.5. The van der Waals surface area contributed by atoms with E-state index in [1.807, 2.05) is 24.3 Å². The summed E-state index contributed by atoms with van der Waals surface area (Å²) in [5, 5.41) is 8.53. The minimum Gasteiger partial charge on any atom is -0.357 e. The van der Waals surface area contributed by atoms with E-state index >= 15 is 0 Å². The molecule has 2 aromatic rings. The second-order valence-electron chi connectivity index (χ2n) is 7.12. The third-order valence-electron chi connectivity index (χ3n) is 5.19. The van der Waals surface area contributed by atoms with Gasteiger partial charge in [-0.3, -0.25) is 0 Å². The smallest absolute Gasteiger partial charge is 0.171 e. The van der Waals surface area contributed by atoms with Crippen LogP contribution in [0.2, 0.25) is 5.02 Å². The lowest BCUT2D eigenvalue weighted by Gasteiger charge is -2.32. The second-order valence-corrected chi connectivity index (χ2v) is 8.79. The van der Waals surface area contributed by atoms with Crippen molar-refractivity contribution in [1.29, 1.82) is 0 Å². The van der Waals surface area contributed by atoms with Crippen LogP contribution in [-0.4, -0.2) is 10.7 Å². The Labute approximate surface area is 174 Å². The van der Waals surface area contributed by atoms with Crippen LogP contribution in [0.15, 0.2) is 46.9 Å². The van der Waals surface area contributed by atoms with E-state index in [-0.39, 0.29) is 5.54 Å². The van der Waals surface area contributed by atoms with E-state index in [9.17, 15) is 0 Å². The van der Waals surface area contributed by atoms with Gasteiger partial charge in [0, 0.05) is 20.7 Å². The van der Waals surface area contributed by atoms with Crippen LogP contribution in [0, 0.1) is 6.92 Å². The molecule has 0 spiro atoms. The van der Waals surface area contributed by atoms with Crippen LogP contribution in [-0.2, 0) is 6.42 Å². The van der Waals surface area contributed by atoms with E-state index in [4.69, 9.17) is 23.8 Å². The minimum atomic E-state index is 0.0632. The first kappa shape index (κ1) is 19.7. The van der Waals surface area contributed by atoms with E-state index in [0.29, 0.717) is 5.11 Å². The molecule has 0 aromatic heterocycles. The molecule has 1 fully saturated rings. The van der Waals surface area contributed by atoms with Crippen molar-refractivity contribution in [3.63, 3.8) is 0 Å². The molecule has 2 nitrogen and oxygen atoms in total. The lowest BCUT2D eigenvalue weighted by Crippen LogP contribution is -2.48. The van der Waals surface area contributed by atoms with Crippen molar-refractivity contribution >= 4 is 50.5 Å². The van der Waals surface area contributed by atoms with Crippen molar-refractivity contribution in [2.75, 3.05) is 5.32 Å². The van der Waals surface area contributed by atoms with Crippen molar-refractivity contribution in [2.45, 2.75) is 51.0 Å². The lowest BCUT2D eigenvalue weighted by atomic mass is 9.89. The summed E-state index contributed by atoms with van der Waals surface area (Å²) in [6, 6.07) is 14.3. The summed E-state index contributed by atoms with van der Waals surface area (Å²) in [5.74, 6) is 0. The highest BCUT2D eigenvalue weighted by atomic mass is 79.9. The van der Waals surface area contributed by atoms with Gasteiger partial charge >= 0.3 is 0 Å². The van der Waals surface area contributed by atoms with Crippen LogP contribution in [0.3, 0.4) is 0 Å². The SMILES string of the molecule is Cc1cc(NC(=S)NC2(CCc3ccccc3Cl)CCCC2)ccc1Br. The van der Waals surface area contributed by atoms with Gasteiger partial charge in [-0.2, -0.15) is 0 Å². The molecule has 2 N–H and O–H groups in total. The number of halogens is 2. The molecule has 5 heteroatoms. The maximum Gasteiger partial charge on any atom is 0.171 e. The molecule has 0 radical (unpaired) electrons. The molecule has 0 bridgehead atoms. The molecule has 3 rings (SSSR count). The molecule has 2 aromatic carbocycles. The molecule has 0 amide bonds. The maximum absolute atomic E-state index is 6.33. The molecular weight excluding hydrogens is 428 g/mol. The van der Waals surface area contributed by atoms with Crippen LogP contribution in [0.25, 0.3) is 0 Å². The number of nitrogens with one attached hydrogen (secondary N) is 2. The fourth-order valence-electron chi connectivity index (χ4n) is 3.69. The number of thiocarbonyl (C=S) groups is 1. The summed E-state index contributed by atoms with van der Waals surface area (Å²) in [6.45, 7) is 2.08. The Hall–Kier alpha value is -1.10. The molecule has 1 aliphatic rings. The van der Waals surface area contributed by atoms with Crippen LogP contribution >= 0.6 is 39.7 Å². The van der Waals surface area contributed by atoms with E-state index in [1.165, 1.54) is 24.0 Å². The van der Waals surface area contributed by atoms with Crippen LogP contribution in [0.1, 0.15) is 43.2 Å². The Bertz CT molecular complexity index is 787. The zero-order valence-electron chi connectivity index (χ0n) is 14.9. The molecular formula is C21H24BrClN2S. The molecule has 0 heterocycles. The highest BCUT2D eigenvalue weighted by Gasteiger charge is 2.34. The summed E-state index contributed by atoms with van der Waals surface area (Å²) in [6.07, 6.45) is 6.80. The Morgan fingerprint density at radius 2 is 1.92 bits per heavy atom. The van der Waals surface area contributed by atoms with Crippen LogP contribution in [0.4, 0.5) is 5.69 Å². The van der Waals surface area contributed by atoms with E-state index in [2.05, 4.69) is 51.7 Å². The molecule has 1 aliphatic carbocycles. The Morgan fingerprint density at radius 1 is 1.19 bits per heavy atom. The molecule has 0 atom stereocenters. The fraction of sp³-hybridized carbons (Fsp3) is 0.381. The predicted molar refractivity (Wildman–Crippen MR) is 119 cm³/mol. The maximum atomic E-state index is 6.33. The Morgan fingerprint density at radius 3 is 2.62 bits per heavy atom. The van der Waals surface area contributed by atoms with Gasteiger partial charge in [-0.05, 0) is 80.2 Å². The Balaban J connectivity index is 1.64. The zero-order valence-corrected chi connectivity index (χ0v) is 18.1. The molecule has 138 valence electrons. The van der Waals surface area contributed by atoms with Crippen molar-refractivity contribution in [3.8, 4) is 0 Å². The normalized spacial score (nSPS) is 15.7. The van der Waals surface area contributed by atoms with Gasteiger partial charge in [0.25, 0.3) is 0 Å². The van der Waals surface area contributed by atoms with Gasteiger partial charge in [0.1, 0.15) is 0 Å². The predicted octanol–water partition coefficient (Wildman–Crippen LogP) is 6.64. The van der Waals surface area contributed by atoms with E-state index in [0.717, 1.165) is 40.9 Å². The first-order chi connectivity index (χ1) is 12.5. The number of anilines is 1. The van der Waals surface area contributed by atoms with Crippen LogP contribution in [0.5, 0.6) is 0 Å². The van der Waals surface area contributed by atoms with Gasteiger partial charge in [0.05, 0.1) is 0 Å². The Kier molecular flexibility index (Phi) is 6.60. The molecule has 1 saturated carbocycles. The summed E-state index contributed by atoms with van der Waals surface area (Å²) in [4.78, 5) is 0. The largest absolute Gasteiger partial charge is 0.357 e. The van der Waals surface area contributed by atoms with Crippen molar-refractivity contribution in [1.82, 2.24) is 5.32 Å². The molecule has 0 unspecified atom stereocenters. The average Bonchev–Trinajstić information content (AvgIpc) is 3.06. The lowest BCUT2D eigenvalue weighted by molar-refractivity contribution is 0.362. The topological polar surface area (TPSA) is 24.1 Å². The van der Waals surface area contributed by atoms with Gasteiger partial charge < -0.3 is 10.6 Å². The van der Waals surface area contributed by atoms with E-state index < -0.39 is 0 Å². The van der Waals surface area contributed by atoms with E-state index in [1.54, 1.807) is 0 Å². The second kappa shape index (κ2) is 8.73. The summed E-state index contributed by atoms with van der Waals surface area (Å²) < 4.78 is 1.11. The van der Waals surface area contributed by atoms with Crippen molar-refractivity contribution in [3.05, 3.63) is 63.1 Å². The highest BCUT2D eigenvalue weighted by Crippen LogP contribution is 2.34. The van der Waals surface area contributed by atoms with Gasteiger partial charge in [-0.25, -0.2) is 0 Å². The van der Waals surface area contributed by atoms with Gasteiger partial charge in [0.2, 0.25) is 0 Å². The van der Waals surface area contributed by atoms with Crippen molar-refractivity contribution in [2.24, 2.45) is 0 Å². The fourth-order valence-corrected chi connectivity index (χ4v) is 4.50. The van der Waals surface area contributed by atoms with Crippen LogP contribution < -0.4 is 10.6 Å². The monoisotopic (exact) mass is 450 g/mol. The van der Waals surface area contributed by atoms with Gasteiger partial charge in [0.15, 0.2) is 5.11 Å². The average molecular weight is 452 g/mol. The third kappa shape index (κ3) is 4.99. The number of rotatable bonds is 5. The third-order valence-corrected chi connectivity index (χ3v) is 6.65. The molecule has 26 heavy (non-hydrogen) atoms. The zero-order chi connectivity index (χ0) is 18.6. The standard InChI is InChI=1S/C21H24BrClN2S/c1-15-14-17(8-9-18(15)22)24-20(26)25-21(11-4-5-12-21)13-10-16-6-2-3-7-19(16)23/h2-3,6-9,14H,4-5,10-13H2,1H3,(H2,24,25,26). The molecule has 0 saturated heterocycles. The van der Waals surface area contributed by atoms with Crippen molar-refractivity contribution < 1.29 is 0 Å². The number of hydrogen-bond donors (Lipinski definition) is 2.